The van der Waals surface area contributed by atoms with Crippen molar-refractivity contribution in [1.29, 1.82) is 0 Å². The number of esters is 4. The summed E-state index contributed by atoms with van der Waals surface area (Å²) in [5, 5.41) is 59.1. The van der Waals surface area contributed by atoms with Gasteiger partial charge in [-0.05, 0) is 47.5 Å². The lowest BCUT2D eigenvalue weighted by Crippen LogP contribution is -2.59. The van der Waals surface area contributed by atoms with Gasteiger partial charge in [-0.1, -0.05) is 12.1 Å². The van der Waals surface area contributed by atoms with Crippen molar-refractivity contribution in [1.82, 2.24) is 0 Å². The first kappa shape index (κ1) is 33.9. The van der Waals surface area contributed by atoms with E-state index in [1.54, 1.807) is 0 Å². The van der Waals surface area contributed by atoms with Crippen LogP contribution < -0.4 is 0 Å². The Hall–Kier alpha value is -5.57. The highest BCUT2D eigenvalue weighted by Crippen LogP contribution is 2.37. The van der Waals surface area contributed by atoms with Crippen LogP contribution in [0, 0.1) is 0 Å². The predicted octanol–water partition coefficient (Wildman–Crippen LogP) is 1.53. The van der Waals surface area contributed by atoms with Gasteiger partial charge in [-0.2, -0.15) is 0 Å². The maximum absolute atomic E-state index is 12.7. The molecular weight excluding hydrogens is 600 g/mol. The Morgan fingerprint density at radius 2 is 1.31 bits per heavy atom. The van der Waals surface area contributed by atoms with E-state index in [-0.39, 0.29) is 11.1 Å². The van der Waals surface area contributed by atoms with Gasteiger partial charge in [-0.15, -0.1) is 0 Å². The molecule has 0 unspecified atom stereocenters. The van der Waals surface area contributed by atoms with E-state index in [2.05, 4.69) is 4.74 Å². The molecule has 0 spiro atoms. The molecule has 2 aromatic rings. The first-order valence-corrected chi connectivity index (χ1v) is 13.2. The number of carboxylic acid groups (broad SMARTS) is 1. The monoisotopic (exact) mass is 630 g/mol. The van der Waals surface area contributed by atoms with Crippen LogP contribution >= 0.6 is 0 Å². The van der Waals surface area contributed by atoms with Crippen LogP contribution in [0.4, 0.5) is 0 Å². The zero-order valence-corrected chi connectivity index (χ0v) is 23.7. The molecule has 0 amide bonds. The van der Waals surface area contributed by atoms with Crippen LogP contribution in [0.25, 0.3) is 12.2 Å². The van der Waals surface area contributed by atoms with Gasteiger partial charge in [0.25, 0.3) is 0 Å². The molecule has 1 saturated carbocycles. The molecule has 240 valence electrons. The number of hydrogen-bond acceptors (Lipinski definition) is 14. The summed E-state index contributed by atoms with van der Waals surface area (Å²) in [6.07, 6.45) is -3.51. The highest BCUT2D eigenvalue weighted by molar-refractivity contribution is 5.91. The van der Waals surface area contributed by atoms with E-state index < -0.39 is 102 Å². The number of rotatable bonds is 11. The number of carbonyl (C=O) groups is 5. The maximum Gasteiger partial charge on any atom is 0.348 e. The first-order chi connectivity index (χ1) is 21.2. The molecule has 1 aliphatic rings. The van der Waals surface area contributed by atoms with Crippen molar-refractivity contribution in [2.24, 2.45) is 0 Å². The Morgan fingerprint density at radius 3 is 1.82 bits per heavy atom. The normalized spacial score (nSPS) is 21.2. The second-order valence-corrected chi connectivity index (χ2v) is 9.87. The number of ether oxygens (including phenoxy) is 4. The minimum absolute atomic E-state index is 0.246. The fourth-order valence-electron chi connectivity index (χ4n) is 4.34. The van der Waals surface area contributed by atoms with E-state index in [9.17, 15) is 54.6 Å². The third-order valence-corrected chi connectivity index (χ3v) is 6.62. The lowest BCUT2D eigenvalue weighted by Gasteiger charge is -2.42. The second kappa shape index (κ2) is 14.7. The lowest BCUT2D eigenvalue weighted by atomic mass is 9.79. The SMILES string of the molecule is COC(=O)CCC(=O)O[C@@H]1C[C@](OC(=O)/C=C/c2ccc(O)c(O)c2)(C(=O)O)C[C@@H](O)[C@H]1OC(=O)/C=C/c1ccc(O)c(O)c1. The molecule has 4 atom stereocenters. The van der Waals surface area contributed by atoms with Crippen LogP contribution in [-0.4, -0.2) is 91.5 Å². The number of aliphatic hydroxyl groups is 1. The van der Waals surface area contributed by atoms with Crippen molar-refractivity contribution in [2.45, 2.75) is 49.6 Å². The summed E-state index contributed by atoms with van der Waals surface area (Å²) in [4.78, 5) is 61.7. The Morgan fingerprint density at radius 1 is 0.778 bits per heavy atom. The highest BCUT2D eigenvalue weighted by atomic mass is 16.6. The fraction of sp³-hybridized carbons (Fsp3) is 0.300. The predicted molar refractivity (Wildman–Crippen MR) is 150 cm³/mol. The van der Waals surface area contributed by atoms with Gasteiger partial charge < -0.3 is 49.6 Å². The molecule has 0 heterocycles. The molecule has 0 radical (unpaired) electrons. The Labute approximate surface area is 255 Å². The van der Waals surface area contributed by atoms with Gasteiger partial charge in [0.15, 0.2) is 29.1 Å². The minimum Gasteiger partial charge on any atom is -0.504 e. The molecule has 0 saturated heterocycles. The first-order valence-electron chi connectivity index (χ1n) is 13.2. The van der Waals surface area contributed by atoms with E-state index >= 15 is 0 Å². The topological polar surface area (TPSA) is 244 Å². The standard InChI is InChI=1S/C30H30O15/c1-42-24(36)10-11-25(37)43-23-15-30(29(40)41,45-27(39)9-5-17-3-7-19(32)21(34)13-17)14-22(35)28(23)44-26(38)8-4-16-2-6-18(31)20(33)12-16/h2-9,12-13,22-23,28,31-35H,10-11,14-15H2,1H3,(H,40,41)/b8-4+,9-5+/t22-,23-,28-,30+/m1/s1. The van der Waals surface area contributed by atoms with Crippen molar-refractivity contribution in [3.63, 3.8) is 0 Å². The number of aliphatic carboxylic acids is 1. The van der Waals surface area contributed by atoms with Crippen molar-refractivity contribution in [2.75, 3.05) is 7.11 Å². The molecule has 6 N–H and O–H groups in total. The minimum atomic E-state index is -2.46. The third kappa shape index (κ3) is 9.21. The molecule has 1 fully saturated rings. The van der Waals surface area contributed by atoms with Crippen LogP contribution in [0.15, 0.2) is 48.6 Å². The molecule has 15 nitrogen and oxygen atoms in total. The largest absolute Gasteiger partial charge is 0.504 e. The average Bonchev–Trinajstić information content (AvgIpc) is 2.98. The Balaban J connectivity index is 1.83. The number of phenolic OH excluding ortho intramolecular Hbond substituents is 4. The van der Waals surface area contributed by atoms with Crippen LogP contribution in [0.3, 0.4) is 0 Å². The highest BCUT2D eigenvalue weighted by Gasteiger charge is 2.56. The molecule has 2 aromatic carbocycles. The van der Waals surface area contributed by atoms with Crippen LogP contribution in [0.2, 0.25) is 0 Å². The van der Waals surface area contributed by atoms with Crippen molar-refractivity contribution >= 4 is 42.0 Å². The van der Waals surface area contributed by atoms with E-state index in [4.69, 9.17) is 14.2 Å². The molecule has 0 aliphatic heterocycles. The van der Waals surface area contributed by atoms with E-state index in [0.29, 0.717) is 0 Å². The summed E-state index contributed by atoms with van der Waals surface area (Å²) in [6, 6.07) is 7.31. The van der Waals surface area contributed by atoms with Crippen molar-refractivity contribution in [3.05, 3.63) is 59.7 Å². The van der Waals surface area contributed by atoms with Crippen LogP contribution in [0.5, 0.6) is 23.0 Å². The number of aromatic hydroxyl groups is 4. The van der Waals surface area contributed by atoms with E-state index in [1.165, 1.54) is 24.3 Å². The molecule has 3 rings (SSSR count). The van der Waals surface area contributed by atoms with Crippen molar-refractivity contribution in [3.8, 4) is 23.0 Å². The molecule has 0 bridgehead atoms. The smallest absolute Gasteiger partial charge is 0.348 e. The number of phenols is 4. The van der Waals surface area contributed by atoms with E-state index in [0.717, 1.165) is 43.5 Å². The van der Waals surface area contributed by atoms with Gasteiger partial charge in [0, 0.05) is 25.0 Å². The zero-order valence-electron chi connectivity index (χ0n) is 23.7. The van der Waals surface area contributed by atoms with Gasteiger partial charge in [-0.3, -0.25) is 9.59 Å². The van der Waals surface area contributed by atoms with Crippen LogP contribution in [0.1, 0.15) is 36.8 Å². The van der Waals surface area contributed by atoms with Gasteiger partial charge in [0.1, 0.15) is 6.10 Å². The fourth-order valence-corrected chi connectivity index (χ4v) is 4.34. The van der Waals surface area contributed by atoms with Gasteiger partial charge in [0.2, 0.25) is 5.60 Å². The average molecular weight is 631 g/mol. The van der Waals surface area contributed by atoms with Gasteiger partial charge in [-0.25, -0.2) is 14.4 Å². The number of carbonyl (C=O) groups excluding carboxylic acids is 4. The summed E-state index contributed by atoms with van der Waals surface area (Å²) >= 11 is 0. The molecule has 0 aromatic heterocycles. The number of aliphatic hydroxyl groups excluding tert-OH is 1. The van der Waals surface area contributed by atoms with Crippen molar-refractivity contribution < 1.29 is 73.6 Å². The Bertz CT molecular complexity index is 1510. The van der Waals surface area contributed by atoms with E-state index in [1.807, 2.05) is 0 Å². The number of methoxy groups -OCH3 is 1. The third-order valence-electron chi connectivity index (χ3n) is 6.62. The number of carboxylic acids is 1. The zero-order chi connectivity index (χ0) is 33.3. The summed E-state index contributed by atoms with van der Waals surface area (Å²) in [5.41, 5.74) is -1.94. The summed E-state index contributed by atoms with van der Waals surface area (Å²) < 4.78 is 20.3. The lowest BCUT2D eigenvalue weighted by molar-refractivity contribution is -0.214. The quantitative estimate of drug-likeness (QED) is 0.0892. The maximum atomic E-state index is 12.7. The summed E-state index contributed by atoms with van der Waals surface area (Å²) in [7, 11) is 1.10. The Kier molecular flexibility index (Phi) is 11.1. The van der Waals surface area contributed by atoms with Gasteiger partial charge >= 0.3 is 29.8 Å². The van der Waals surface area contributed by atoms with Gasteiger partial charge in [0.05, 0.1) is 26.1 Å². The molecule has 45 heavy (non-hydrogen) atoms. The molecule has 15 heteroatoms. The number of benzene rings is 2. The van der Waals surface area contributed by atoms with Crippen LogP contribution in [-0.2, 0) is 42.9 Å². The molecule has 1 aliphatic carbocycles. The number of hydrogen-bond donors (Lipinski definition) is 6. The molecular formula is C30H30O15. The second-order valence-electron chi connectivity index (χ2n) is 9.87. The summed E-state index contributed by atoms with van der Waals surface area (Å²) in [5.74, 6) is -7.48. The summed E-state index contributed by atoms with van der Waals surface area (Å²) in [6.45, 7) is 0.